The number of methoxy groups -OCH3 is 1. The van der Waals surface area contributed by atoms with Gasteiger partial charge in [0.05, 0.1) is 13.2 Å². The van der Waals surface area contributed by atoms with Crippen LogP contribution in [0.25, 0.3) is 0 Å². The van der Waals surface area contributed by atoms with Crippen LogP contribution in [0.1, 0.15) is 18.7 Å². The summed E-state index contributed by atoms with van der Waals surface area (Å²) in [4.78, 5) is 0. The monoisotopic (exact) mass is 261 g/mol. The minimum atomic E-state index is -0.0997. The summed E-state index contributed by atoms with van der Waals surface area (Å²) < 4.78 is 12.6. The lowest BCUT2D eigenvalue weighted by Gasteiger charge is -2.05. The molecule has 6 nitrogen and oxygen atoms in total. The molecule has 0 aliphatic carbocycles. The summed E-state index contributed by atoms with van der Waals surface area (Å²) >= 11 is 5.06. The van der Waals surface area contributed by atoms with Crippen LogP contribution in [0, 0.1) is 4.77 Å². The first-order valence-electron chi connectivity index (χ1n) is 5.61. The van der Waals surface area contributed by atoms with E-state index in [-0.39, 0.29) is 6.61 Å². The first kappa shape index (κ1) is 14.3. The molecule has 0 spiro atoms. The second-order valence-corrected chi connectivity index (χ2v) is 3.95. The van der Waals surface area contributed by atoms with Crippen LogP contribution in [-0.4, -0.2) is 46.8 Å². The number of hydrogen-bond donors (Lipinski definition) is 2. The van der Waals surface area contributed by atoms with Crippen molar-refractivity contribution >= 4 is 12.2 Å². The molecule has 0 unspecified atom stereocenters. The Morgan fingerprint density at radius 3 is 2.88 bits per heavy atom. The van der Waals surface area contributed by atoms with Crippen molar-refractivity contribution in [2.75, 3.05) is 26.9 Å². The molecule has 1 aromatic heterocycles. The zero-order valence-corrected chi connectivity index (χ0v) is 10.8. The largest absolute Gasteiger partial charge is 0.388 e. The molecule has 2 N–H and O–H groups in total. The van der Waals surface area contributed by atoms with Gasteiger partial charge in [0, 0.05) is 20.3 Å². The third-order valence-corrected chi connectivity index (χ3v) is 2.64. The molecule has 0 aliphatic rings. The Labute approximate surface area is 106 Å². The van der Waals surface area contributed by atoms with Gasteiger partial charge in [0.15, 0.2) is 10.6 Å². The van der Waals surface area contributed by atoms with E-state index in [1.54, 1.807) is 7.11 Å². The van der Waals surface area contributed by atoms with E-state index >= 15 is 0 Å². The van der Waals surface area contributed by atoms with Crippen molar-refractivity contribution in [2.45, 2.75) is 26.0 Å². The fourth-order valence-electron chi connectivity index (χ4n) is 1.42. The fourth-order valence-corrected chi connectivity index (χ4v) is 1.66. The van der Waals surface area contributed by atoms with Gasteiger partial charge in [0.25, 0.3) is 0 Å². The molecule has 0 radical (unpaired) electrons. The summed E-state index contributed by atoms with van der Waals surface area (Å²) in [5, 5.41) is 15.6. The number of unbranched alkanes of at least 4 members (excludes halogenated alkanes) is 1. The van der Waals surface area contributed by atoms with E-state index in [0.717, 1.165) is 19.4 Å². The second kappa shape index (κ2) is 8.35. The Kier molecular flexibility index (Phi) is 7.02. The van der Waals surface area contributed by atoms with E-state index in [0.29, 0.717) is 30.4 Å². The molecule has 17 heavy (non-hydrogen) atoms. The molecule has 98 valence electrons. The highest BCUT2D eigenvalue weighted by atomic mass is 32.1. The second-order valence-electron chi connectivity index (χ2n) is 3.57. The van der Waals surface area contributed by atoms with Crippen molar-refractivity contribution in [3.8, 4) is 0 Å². The molecule has 0 aromatic carbocycles. The predicted molar refractivity (Wildman–Crippen MR) is 65.3 cm³/mol. The molecule has 0 amide bonds. The third-order valence-electron chi connectivity index (χ3n) is 2.33. The molecule has 1 rings (SSSR count). The Balaban J connectivity index is 2.17. The maximum Gasteiger partial charge on any atom is 0.195 e. The van der Waals surface area contributed by atoms with E-state index in [4.69, 9.17) is 26.8 Å². The van der Waals surface area contributed by atoms with Crippen LogP contribution in [0.4, 0.5) is 0 Å². The lowest BCUT2D eigenvalue weighted by Crippen LogP contribution is -2.07. The molecule has 0 saturated carbocycles. The normalized spacial score (nSPS) is 10.9. The number of aromatic nitrogens is 3. The van der Waals surface area contributed by atoms with Crippen molar-refractivity contribution in [1.29, 1.82) is 0 Å². The summed E-state index contributed by atoms with van der Waals surface area (Å²) in [6.07, 6.45) is 1.88. The van der Waals surface area contributed by atoms with Crippen LogP contribution in [0.3, 0.4) is 0 Å². The molecule has 1 aromatic rings. The van der Waals surface area contributed by atoms with Gasteiger partial charge in [0.1, 0.15) is 6.61 Å². The van der Waals surface area contributed by atoms with Gasteiger partial charge in [-0.2, -0.15) is 5.10 Å². The zero-order chi connectivity index (χ0) is 12.5. The van der Waals surface area contributed by atoms with E-state index in [1.807, 2.05) is 4.57 Å². The standard InChI is InChI=1S/C10H19N3O3S/c1-15-6-7-16-5-3-2-4-13-9(8-14)11-12-10(13)17/h14H,2-8H2,1H3,(H,12,17). The third kappa shape index (κ3) is 4.95. The van der Waals surface area contributed by atoms with Crippen molar-refractivity contribution in [3.05, 3.63) is 10.6 Å². The van der Waals surface area contributed by atoms with Crippen LogP contribution >= 0.6 is 12.2 Å². The minimum Gasteiger partial charge on any atom is -0.388 e. The maximum absolute atomic E-state index is 9.04. The number of aliphatic hydroxyl groups is 1. The van der Waals surface area contributed by atoms with Crippen LogP contribution in [0.15, 0.2) is 0 Å². The number of hydrogen-bond acceptors (Lipinski definition) is 5. The van der Waals surface area contributed by atoms with Crippen molar-refractivity contribution < 1.29 is 14.6 Å². The van der Waals surface area contributed by atoms with Crippen LogP contribution in [0.5, 0.6) is 0 Å². The fraction of sp³-hybridized carbons (Fsp3) is 0.800. The molecule has 0 aliphatic heterocycles. The van der Waals surface area contributed by atoms with Crippen LogP contribution in [-0.2, 0) is 22.6 Å². The van der Waals surface area contributed by atoms with Gasteiger partial charge in [0.2, 0.25) is 0 Å². The van der Waals surface area contributed by atoms with Gasteiger partial charge in [-0.15, -0.1) is 0 Å². The Bertz CT molecular complexity index is 364. The SMILES string of the molecule is COCCOCCCCn1c(CO)n[nH]c1=S. The van der Waals surface area contributed by atoms with Gasteiger partial charge in [-0.3, -0.25) is 5.10 Å². The van der Waals surface area contributed by atoms with Gasteiger partial charge in [-0.1, -0.05) is 0 Å². The summed E-state index contributed by atoms with van der Waals surface area (Å²) in [7, 11) is 1.65. The topological polar surface area (TPSA) is 72.3 Å². The first-order valence-corrected chi connectivity index (χ1v) is 6.02. The smallest absolute Gasteiger partial charge is 0.195 e. The van der Waals surface area contributed by atoms with E-state index in [2.05, 4.69) is 10.2 Å². The van der Waals surface area contributed by atoms with Crippen LogP contribution < -0.4 is 0 Å². The summed E-state index contributed by atoms with van der Waals surface area (Å²) in [6.45, 7) is 2.62. The molecular weight excluding hydrogens is 242 g/mol. The van der Waals surface area contributed by atoms with E-state index in [1.165, 1.54) is 0 Å². The molecule has 0 bridgehead atoms. The highest BCUT2D eigenvalue weighted by molar-refractivity contribution is 7.71. The number of aliphatic hydroxyl groups excluding tert-OH is 1. The highest BCUT2D eigenvalue weighted by Gasteiger charge is 2.03. The molecule has 0 saturated heterocycles. The van der Waals surface area contributed by atoms with Gasteiger partial charge >= 0.3 is 0 Å². The highest BCUT2D eigenvalue weighted by Crippen LogP contribution is 2.02. The summed E-state index contributed by atoms with van der Waals surface area (Å²) in [6, 6.07) is 0. The molecule has 0 atom stereocenters. The van der Waals surface area contributed by atoms with Gasteiger partial charge in [-0.05, 0) is 25.1 Å². The van der Waals surface area contributed by atoms with E-state index in [9.17, 15) is 0 Å². The van der Waals surface area contributed by atoms with Crippen molar-refractivity contribution in [2.24, 2.45) is 0 Å². The lowest BCUT2D eigenvalue weighted by atomic mass is 10.3. The predicted octanol–water partition coefficient (Wildman–Crippen LogP) is 0.876. The summed E-state index contributed by atoms with van der Waals surface area (Å²) in [5.41, 5.74) is 0. The Hall–Kier alpha value is -0.760. The van der Waals surface area contributed by atoms with Gasteiger partial charge < -0.3 is 19.1 Å². The van der Waals surface area contributed by atoms with Crippen molar-refractivity contribution in [1.82, 2.24) is 14.8 Å². The quantitative estimate of drug-likeness (QED) is 0.510. The van der Waals surface area contributed by atoms with Gasteiger partial charge in [-0.25, -0.2) is 0 Å². The van der Waals surface area contributed by atoms with E-state index < -0.39 is 0 Å². The maximum atomic E-state index is 9.04. The molecule has 0 fully saturated rings. The zero-order valence-electron chi connectivity index (χ0n) is 10.0. The Morgan fingerprint density at radius 2 is 2.18 bits per heavy atom. The summed E-state index contributed by atoms with van der Waals surface area (Å²) in [5.74, 6) is 0.579. The number of ether oxygens (including phenoxy) is 2. The first-order chi connectivity index (χ1) is 8.29. The minimum absolute atomic E-state index is 0.0997. The average Bonchev–Trinajstić information content (AvgIpc) is 2.69. The number of nitrogens with one attached hydrogen (secondary N) is 1. The molecule has 1 heterocycles. The molecule has 7 heteroatoms. The number of aromatic amines is 1. The number of nitrogens with zero attached hydrogens (tertiary/aromatic N) is 2. The number of rotatable bonds is 9. The molecular formula is C10H19N3O3S. The number of H-pyrrole nitrogens is 1. The Morgan fingerprint density at radius 1 is 1.35 bits per heavy atom. The van der Waals surface area contributed by atoms with Crippen molar-refractivity contribution in [3.63, 3.8) is 0 Å². The average molecular weight is 261 g/mol. The lowest BCUT2D eigenvalue weighted by molar-refractivity contribution is 0.0683. The van der Waals surface area contributed by atoms with Crippen LogP contribution in [0.2, 0.25) is 0 Å².